The molecule has 0 aromatic heterocycles. The first-order chi connectivity index (χ1) is 34.5. The number of hydrogen-bond acceptors (Lipinski definition) is 6. The molecule has 0 amide bonds. The average molecular weight is 986 g/mol. The maximum Gasteiger partial charge on any atom is 0.306 e. The quantitative estimate of drug-likeness (QED) is 0.0261. The van der Waals surface area contributed by atoms with Crippen LogP contribution in [0.4, 0.5) is 0 Å². The zero-order valence-corrected chi connectivity index (χ0v) is 47.3. The molecule has 0 saturated carbocycles. The van der Waals surface area contributed by atoms with Crippen LogP contribution in [0.2, 0.25) is 0 Å². The minimum atomic E-state index is -0.768. The van der Waals surface area contributed by atoms with Gasteiger partial charge in [-0.05, 0) is 64.2 Å². The number of carbonyl (C=O) groups is 3. The monoisotopic (exact) mass is 985 g/mol. The van der Waals surface area contributed by atoms with Gasteiger partial charge in [-0.3, -0.25) is 14.4 Å². The van der Waals surface area contributed by atoms with E-state index >= 15 is 0 Å². The predicted molar refractivity (Wildman–Crippen MR) is 303 cm³/mol. The van der Waals surface area contributed by atoms with Crippen molar-refractivity contribution in [2.24, 2.45) is 0 Å². The fourth-order valence-electron chi connectivity index (χ4n) is 9.42. The zero-order chi connectivity index (χ0) is 50.7. The van der Waals surface area contributed by atoms with Gasteiger partial charge in [0.1, 0.15) is 13.2 Å². The number of esters is 3. The average Bonchev–Trinajstić information content (AvgIpc) is 3.36. The topological polar surface area (TPSA) is 78.9 Å². The summed E-state index contributed by atoms with van der Waals surface area (Å²) in [4.78, 5) is 37.9. The number of unbranched alkanes of at least 4 members (excludes halogenated alkanes) is 43. The minimum absolute atomic E-state index is 0.0697. The number of carbonyl (C=O) groups excluding carboxylic acids is 3. The smallest absolute Gasteiger partial charge is 0.306 e. The molecule has 0 saturated heterocycles. The van der Waals surface area contributed by atoms with Gasteiger partial charge < -0.3 is 14.2 Å². The molecule has 412 valence electrons. The summed E-state index contributed by atoms with van der Waals surface area (Å²) < 4.78 is 16.8. The third kappa shape index (κ3) is 56.8. The van der Waals surface area contributed by atoms with Gasteiger partial charge >= 0.3 is 17.9 Å². The maximum atomic E-state index is 12.8. The Labute approximate surface area is 436 Å². The van der Waals surface area contributed by atoms with Crippen molar-refractivity contribution in [2.75, 3.05) is 13.2 Å². The van der Waals surface area contributed by atoms with Gasteiger partial charge in [-0.2, -0.15) is 0 Å². The van der Waals surface area contributed by atoms with Crippen molar-refractivity contribution < 1.29 is 28.6 Å². The second-order valence-electron chi connectivity index (χ2n) is 21.3. The predicted octanol–water partition coefficient (Wildman–Crippen LogP) is 21.1. The highest BCUT2D eigenvalue weighted by Crippen LogP contribution is 2.18. The van der Waals surface area contributed by atoms with E-state index in [-0.39, 0.29) is 31.1 Å². The van der Waals surface area contributed by atoms with E-state index in [1.165, 1.54) is 244 Å². The summed E-state index contributed by atoms with van der Waals surface area (Å²) in [7, 11) is 0. The van der Waals surface area contributed by atoms with Crippen LogP contribution in [0.3, 0.4) is 0 Å². The lowest BCUT2D eigenvalue weighted by Gasteiger charge is -2.18. The highest BCUT2D eigenvalue weighted by Gasteiger charge is 2.19. The van der Waals surface area contributed by atoms with Crippen molar-refractivity contribution in [3.8, 4) is 0 Å². The largest absolute Gasteiger partial charge is 0.462 e. The molecule has 1 atom stereocenters. The standard InChI is InChI=1S/C64H120O6/c1-4-7-10-13-16-19-21-22-23-24-25-26-27-28-29-30-31-32-33-34-35-36-37-38-39-40-41-42-44-45-48-51-54-57-63(66)69-60-61(59-68-62(65)56-53-50-47-18-15-12-9-6-3)70-64(67)58-55-52-49-46-43-20-17-14-11-8-5-2/h14,17,24-25,61H,4-13,15-16,18-23,26-60H2,1-3H3/b17-14-,25-24-. The van der Waals surface area contributed by atoms with Crippen LogP contribution in [0.15, 0.2) is 24.3 Å². The van der Waals surface area contributed by atoms with E-state index in [1.807, 2.05) is 0 Å². The molecule has 0 fully saturated rings. The number of ether oxygens (including phenoxy) is 3. The van der Waals surface area contributed by atoms with Gasteiger partial charge in [0.15, 0.2) is 6.10 Å². The van der Waals surface area contributed by atoms with Crippen LogP contribution in [0.25, 0.3) is 0 Å². The van der Waals surface area contributed by atoms with Crippen molar-refractivity contribution in [1.29, 1.82) is 0 Å². The molecular weight excluding hydrogens is 865 g/mol. The Bertz CT molecular complexity index is 1130. The first-order valence-corrected chi connectivity index (χ1v) is 31.3. The molecule has 0 aliphatic heterocycles. The molecule has 0 radical (unpaired) electrons. The molecule has 0 heterocycles. The van der Waals surface area contributed by atoms with Crippen LogP contribution < -0.4 is 0 Å². The Balaban J connectivity index is 3.90. The molecule has 0 rings (SSSR count). The van der Waals surface area contributed by atoms with Crippen molar-refractivity contribution in [1.82, 2.24) is 0 Å². The molecule has 6 nitrogen and oxygen atoms in total. The third-order valence-corrected chi connectivity index (χ3v) is 14.2. The second kappa shape index (κ2) is 59.5. The highest BCUT2D eigenvalue weighted by molar-refractivity contribution is 5.71. The molecule has 70 heavy (non-hydrogen) atoms. The van der Waals surface area contributed by atoms with Gasteiger partial charge in [0, 0.05) is 19.3 Å². The Hall–Kier alpha value is -2.11. The Morgan fingerprint density at radius 2 is 0.486 bits per heavy atom. The van der Waals surface area contributed by atoms with Crippen LogP contribution in [0.1, 0.15) is 348 Å². The molecule has 0 aliphatic rings. The van der Waals surface area contributed by atoms with Crippen LogP contribution in [0.5, 0.6) is 0 Å². The summed E-state index contributed by atoms with van der Waals surface area (Å²) in [6.45, 7) is 6.60. The lowest BCUT2D eigenvalue weighted by Crippen LogP contribution is -2.30. The van der Waals surface area contributed by atoms with E-state index in [0.29, 0.717) is 19.3 Å². The van der Waals surface area contributed by atoms with Crippen LogP contribution >= 0.6 is 0 Å². The zero-order valence-electron chi connectivity index (χ0n) is 47.3. The van der Waals surface area contributed by atoms with Crippen molar-refractivity contribution in [3.05, 3.63) is 24.3 Å². The summed E-state index contributed by atoms with van der Waals surface area (Å²) in [6, 6.07) is 0. The molecular formula is C64H120O6. The first-order valence-electron chi connectivity index (χ1n) is 31.3. The van der Waals surface area contributed by atoms with Crippen LogP contribution in [-0.2, 0) is 28.6 Å². The summed E-state index contributed by atoms with van der Waals surface area (Å²) in [5, 5.41) is 0. The van der Waals surface area contributed by atoms with Gasteiger partial charge in [-0.1, -0.05) is 289 Å². The summed E-state index contributed by atoms with van der Waals surface area (Å²) in [5.74, 6) is -0.867. The van der Waals surface area contributed by atoms with Gasteiger partial charge in [-0.25, -0.2) is 0 Å². The highest BCUT2D eigenvalue weighted by atomic mass is 16.6. The van der Waals surface area contributed by atoms with E-state index in [9.17, 15) is 14.4 Å². The van der Waals surface area contributed by atoms with E-state index in [4.69, 9.17) is 14.2 Å². The number of rotatable bonds is 58. The van der Waals surface area contributed by atoms with Crippen LogP contribution in [-0.4, -0.2) is 37.2 Å². The lowest BCUT2D eigenvalue weighted by atomic mass is 10.0. The van der Waals surface area contributed by atoms with Gasteiger partial charge in [-0.15, -0.1) is 0 Å². The fraction of sp³-hybridized carbons (Fsp3) is 0.891. The molecule has 0 spiro atoms. The number of allylic oxidation sites excluding steroid dienone is 4. The SMILES string of the molecule is CCCC/C=C\CCCCCCCC(=O)OC(COC(=O)CCCCCCCCCC)COC(=O)CCCCCCCCCCCCCCCCCCCCCCC/C=C\CCCCCCCCCC. The molecule has 0 bridgehead atoms. The van der Waals surface area contributed by atoms with Crippen molar-refractivity contribution in [2.45, 2.75) is 354 Å². The summed E-state index contributed by atoms with van der Waals surface area (Å²) >= 11 is 0. The second-order valence-corrected chi connectivity index (χ2v) is 21.3. The molecule has 0 N–H and O–H groups in total. The van der Waals surface area contributed by atoms with E-state index in [2.05, 4.69) is 45.1 Å². The van der Waals surface area contributed by atoms with E-state index < -0.39 is 6.10 Å². The van der Waals surface area contributed by atoms with Gasteiger partial charge in [0.2, 0.25) is 0 Å². The third-order valence-electron chi connectivity index (χ3n) is 14.2. The van der Waals surface area contributed by atoms with E-state index in [1.54, 1.807) is 0 Å². The Morgan fingerprint density at radius 1 is 0.271 bits per heavy atom. The first kappa shape index (κ1) is 67.9. The van der Waals surface area contributed by atoms with Crippen molar-refractivity contribution >= 4 is 17.9 Å². The molecule has 0 aliphatic carbocycles. The summed E-state index contributed by atoms with van der Waals surface area (Å²) in [6.07, 6.45) is 70.9. The van der Waals surface area contributed by atoms with Gasteiger partial charge in [0.25, 0.3) is 0 Å². The molecule has 0 aromatic carbocycles. The maximum absolute atomic E-state index is 12.8. The summed E-state index contributed by atoms with van der Waals surface area (Å²) in [5.41, 5.74) is 0. The normalized spacial score (nSPS) is 12.1. The number of hydrogen-bond donors (Lipinski definition) is 0. The van der Waals surface area contributed by atoms with E-state index in [0.717, 1.165) is 64.2 Å². The molecule has 0 aromatic rings. The van der Waals surface area contributed by atoms with Crippen LogP contribution in [0, 0.1) is 0 Å². The van der Waals surface area contributed by atoms with Gasteiger partial charge in [0.05, 0.1) is 0 Å². The minimum Gasteiger partial charge on any atom is -0.462 e. The molecule has 6 heteroatoms. The Morgan fingerprint density at radius 3 is 0.757 bits per heavy atom. The fourth-order valence-corrected chi connectivity index (χ4v) is 9.42. The van der Waals surface area contributed by atoms with Crippen molar-refractivity contribution in [3.63, 3.8) is 0 Å². The lowest BCUT2D eigenvalue weighted by molar-refractivity contribution is -0.167. The Kier molecular flexibility index (Phi) is 57.7. The molecule has 1 unspecified atom stereocenters.